The molecule has 0 bridgehead atoms. The Labute approximate surface area is 110 Å². The van der Waals surface area contributed by atoms with E-state index in [-0.39, 0.29) is 24.0 Å². The van der Waals surface area contributed by atoms with Gasteiger partial charge in [-0.05, 0) is 30.4 Å². The van der Waals surface area contributed by atoms with Gasteiger partial charge < -0.3 is 0 Å². The summed E-state index contributed by atoms with van der Waals surface area (Å²) >= 11 is 7.62. The van der Waals surface area contributed by atoms with Gasteiger partial charge in [-0.15, -0.1) is 35.7 Å². The Morgan fingerprint density at radius 3 is 2.93 bits per heavy atom. The zero-order chi connectivity index (χ0) is 9.26. The van der Waals surface area contributed by atoms with Crippen molar-refractivity contribution < 1.29 is 0 Å². The van der Waals surface area contributed by atoms with Gasteiger partial charge in [-0.25, -0.2) is 0 Å². The molecule has 1 aliphatic heterocycles. The summed E-state index contributed by atoms with van der Waals surface area (Å²) in [6.45, 7) is 0.892. The second kappa shape index (κ2) is 5.37. The van der Waals surface area contributed by atoms with E-state index in [1.54, 1.807) is 11.8 Å². The molecule has 0 fully saturated rings. The fourth-order valence-electron chi connectivity index (χ4n) is 1.52. The van der Waals surface area contributed by atoms with Crippen LogP contribution in [-0.2, 0) is 6.42 Å². The highest BCUT2D eigenvalue weighted by atomic mass is 127. The lowest BCUT2D eigenvalue weighted by atomic mass is 10.0. The van der Waals surface area contributed by atoms with Crippen LogP contribution in [-0.4, -0.2) is 17.8 Å². The Morgan fingerprint density at radius 2 is 2.21 bits per heavy atom. The summed E-state index contributed by atoms with van der Waals surface area (Å²) in [6, 6.07) is 6.03. The highest BCUT2D eigenvalue weighted by molar-refractivity contribution is 14.0. The van der Waals surface area contributed by atoms with E-state index in [0.717, 1.165) is 23.0 Å². The third kappa shape index (κ3) is 2.44. The van der Waals surface area contributed by atoms with Crippen molar-refractivity contribution in [2.45, 2.75) is 6.42 Å². The molecular formula is C10H11ClINS. The molecule has 0 radical (unpaired) electrons. The fourth-order valence-corrected chi connectivity index (χ4v) is 2.35. The molecule has 0 atom stereocenters. The maximum absolute atomic E-state index is 5.92. The van der Waals surface area contributed by atoms with Crippen LogP contribution in [0.1, 0.15) is 11.1 Å². The number of halogens is 2. The van der Waals surface area contributed by atoms with Gasteiger partial charge in [-0.3, -0.25) is 4.99 Å². The number of fused-ring (bicyclic) bond motifs is 1. The number of hydrogen-bond donors (Lipinski definition) is 0. The molecule has 1 nitrogen and oxygen atoms in total. The minimum Gasteiger partial charge on any atom is -0.277 e. The topological polar surface area (TPSA) is 12.4 Å². The molecule has 14 heavy (non-hydrogen) atoms. The predicted octanol–water partition coefficient (Wildman–Crippen LogP) is 3.62. The molecule has 76 valence electrons. The van der Waals surface area contributed by atoms with E-state index in [1.807, 2.05) is 12.1 Å². The van der Waals surface area contributed by atoms with Crippen molar-refractivity contribution in [1.82, 2.24) is 0 Å². The summed E-state index contributed by atoms with van der Waals surface area (Å²) in [6.07, 6.45) is 3.07. The largest absolute Gasteiger partial charge is 0.277 e. The molecule has 0 aromatic heterocycles. The van der Waals surface area contributed by atoms with Crippen LogP contribution < -0.4 is 0 Å². The van der Waals surface area contributed by atoms with Crippen molar-refractivity contribution in [3.8, 4) is 0 Å². The quantitative estimate of drug-likeness (QED) is 0.658. The summed E-state index contributed by atoms with van der Waals surface area (Å²) in [5.41, 5.74) is 2.58. The van der Waals surface area contributed by atoms with E-state index in [4.69, 9.17) is 11.6 Å². The molecule has 0 aliphatic carbocycles. The van der Waals surface area contributed by atoms with E-state index in [2.05, 4.69) is 17.3 Å². The minimum atomic E-state index is 0. The molecule has 0 saturated heterocycles. The van der Waals surface area contributed by atoms with Gasteiger partial charge in [0.1, 0.15) is 0 Å². The Balaban J connectivity index is 0.000000980. The van der Waals surface area contributed by atoms with Gasteiger partial charge in [0.15, 0.2) is 0 Å². The van der Waals surface area contributed by atoms with Crippen LogP contribution in [0.4, 0.5) is 0 Å². The first-order valence-corrected chi connectivity index (χ1v) is 5.79. The summed E-state index contributed by atoms with van der Waals surface area (Å²) in [7, 11) is 0. The van der Waals surface area contributed by atoms with Crippen molar-refractivity contribution in [3.05, 3.63) is 34.3 Å². The second-order valence-corrected chi connectivity index (χ2v) is 4.17. The van der Waals surface area contributed by atoms with Crippen LogP contribution in [0.2, 0.25) is 5.02 Å². The number of benzene rings is 1. The maximum atomic E-state index is 5.92. The van der Waals surface area contributed by atoms with Crippen molar-refractivity contribution >= 4 is 52.4 Å². The lowest BCUT2D eigenvalue weighted by Gasteiger charge is -2.15. The van der Waals surface area contributed by atoms with Crippen LogP contribution in [0.25, 0.3) is 0 Å². The molecular weight excluding hydrogens is 329 g/mol. The van der Waals surface area contributed by atoms with Crippen molar-refractivity contribution in [3.63, 3.8) is 0 Å². The average molecular weight is 340 g/mol. The fraction of sp³-hybridized carbons (Fsp3) is 0.300. The van der Waals surface area contributed by atoms with E-state index < -0.39 is 0 Å². The van der Waals surface area contributed by atoms with Gasteiger partial charge in [0, 0.05) is 17.1 Å². The van der Waals surface area contributed by atoms with E-state index in [9.17, 15) is 0 Å². The lowest BCUT2D eigenvalue weighted by Crippen LogP contribution is -2.09. The van der Waals surface area contributed by atoms with Crippen molar-refractivity contribution in [2.24, 2.45) is 4.99 Å². The number of aliphatic imine (C=N–C) groups is 1. The maximum Gasteiger partial charge on any atom is 0.0977 e. The Hall–Kier alpha value is 0.260. The van der Waals surface area contributed by atoms with E-state index in [0.29, 0.717) is 0 Å². The molecule has 1 heterocycles. The first-order chi connectivity index (χ1) is 6.31. The molecule has 2 rings (SSSR count). The van der Waals surface area contributed by atoms with Gasteiger partial charge in [0.25, 0.3) is 0 Å². The third-order valence-corrected chi connectivity index (χ3v) is 3.10. The lowest BCUT2D eigenvalue weighted by molar-refractivity contribution is 0.950. The Morgan fingerprint density at radius 1 is 1.43 bits per heavy atom. The molecule has 0 N–H and O–H groups in total. The molecule has 1 aromatic carbocycles. The number of nitrogens with zero attached hydrogens (tertiary/aromatic N) is 1. The van der Waals surface area contributed by atoms with Crippen LogP contribution in [0, 0.1) is 0 Å². The standard InChI is InChI=1S/C10H10ClNS.HI/c1-13-10-9-3-2-8(11)6-7(9)4-5-12-10;/h2-3,6H,4-5H2,1H3;1H. The van der Waals surface area contributed by atoms with Gasteiger partial charge in [-0.2, -0.15) is 0 Å². The van der Waals surface area contributed by atoms with Gasteiger partial charge >= 0.3 is 0 Å². The molecule has 0 unspecified atom stereocenters. The molecule has 1 aliphatic rings. The average Bonchev–Trinajstić information content (AvgIpc) is 2.16. The first-order valence-electron chi connectivity index (χ1n) is 4.18. The Kier molecular flexibility index (Phi) is 4.73. The Bertz CT molecular complexity index is 365. The van der Waals surface area contributed by atoms with Crippen molar-refractivity contribution in [1.29, 1.82) is 0 Å². The zero-order valence-electron chi connectivity index (χ0n) is 7.79. The van der Waals surface area contributed by atoms with Crippen LogP contribution in [0.5, 0.6) is 0 Å². The predicted molar refractivity (Wildman–Crippen MR) is 75.5 cm³/mol. The first kappa shape index (κ1) is 12.3. The van der Waals surface area contributed by atoms with Crippen LogP contribution >= 0.6 is 47.3 Å². The van der Waals surface area contributed by atoms with Gasteiger partial charge in [0.2, 0.25) is 0 Å². The normalized spacial score (nSPS) is 14.0. The molecule has 4 heteroatoms. The van der Waals surface area contributed by atoms with Crippen LogP contribution in [0.3, 0.4) is 0 Å². The number of thioether (sulfide) groups is 1. The SMILES string of the molecule is CSC1=NCCc2cc(Cl)ccc21.I. The second-order valence-electron chi connectivity index (χ2n) is 2.94. The smallest absolute Gasteiger partial charge is 0.0977 e. The van der Waals surface area contributed by atoms with Gasteiger partial charge in [0.05, 0.1) is 5.04 Å². The monoisotopic (exact) mass is 339 g/mol. The molecule has 0 amide bonds. The number of hydrogen-bond acceptors (Lipinski definition) is 2. The molecule has 1 aromatic rings. The van der Waals surface area contributed by atoms with E-state index in [1.165, 1.54) is 11.1 Å². The van der Waals surface area contributed by atoms with Crippen molar-refractivity contribution in [2.75, 3.05) is 12.8 Å². The minimum absolute atomic E-state index is 0. The van der Waals surface area contributed by atoms with Gasteiger partial charge in [-0.1, -0.05) is 17.7 Å². The van der Waals surface area contributed by atoms with Crippen LogP contribution in [0.15, 0.2) is 23.2 Å². The summed E-state index contributed by atoms with van der Waals surface area (Å²) in [5.74, 6) is 0. The summed E-state index contributed by atoms with van der Waals surface area (Å²) in [4.78, 5) is 4.46. The molecule has 0 spiro atoms. The third-order valence-electron chi connectivity index (χ3n) is 2.13. The number of rotatable bonds is 0. The highest BCUT2D eigenvalue weighted by Crippen LogP contribution is 2.24. The summed E-state index contributed by atoms with van der Waals surface area (Å²) in [5, 5.41) is 1.96. The zero-order valence-corrected chi connectivity index (χ0v) is 11.7. The summed E-state index contributed by atoms with van der Waals surface area (Å²) < 4.78 is 0. The molecule has 0 saturated carbocycles. The highest BCUT2D eigenvalue weighted by Gasteiger charge is 2.12. The van der Waals surface area contributed by atoms with E-state index >= 15 is 0 Å².